The Morgan fingerprint density at radius 3 is 2.26 bits per heavy atom. The van der Waals surface area contributed by atoms with Crippen molar-refractivity contribution >= 4 is 12.0 Å². The van der Waals surface area contributed by atoms with Gasteiger partial charge in [-0.2, -0.15) is 18.2 Å². The zero-order chi connectivity index (χ0) is 24.7. The Hall–Kier alpha value is -4.40. The molecular weight excluding hydrogens is 459 g/mol. The quantitative estimate of drug-likeness (QED) is 0.328. The van der Waals surface area contributed by atoms with Crippen molar-refractivity contribution in [2.75, 3.05) is 6.61 Å². The normalized spacial score (nSPS) is 12.4. The molecule has 0 aliphatic rings. The van der Waals surface area contributed by atoms with Gasteiger partial charge in [-0.15, -0.1) is 0 Å². The molecule has 4 rings (SSSR count). The highest BCUT2D eigenvalue weighted by Crippen LogP contribution is 2.30. The van der Waals surface area contributed by atoms with E-state index in [2.05, 4.69) is 20.0 Å². The van der Waals surface area contributed by atoms with Crippen molar-refractivity contribution in [3.63, 3.8) is 0 Å². The molecule has 0 aliphatic heterocycles. The zero-order valence-corrected chi connectivity index (χ0v) is 18.3. The molecule has 178 valence electrons. The van der Waals surface area contributed by atoms with Gasteiger partial charge in [0.1, 0.15) is 12.4 Å². The van der Waals surface area contributed by atoms with Crippen LogP contribution in [0.15, 0.2) is 95.5 Å². The highest BCUT2D eigenvalue weighted by atomic mass is 19.4. The predicted molar refractivity (Wildman–Crippen MR) is 123 cm³/mol. The van der Waals surface area contributed by atoms with E-state index in [1.165, 1.54) is 18.2 Å². The van der Waals surface area contributed by atoms with Crippen LogP contribution in [-0.4, -0.2) is 22.7 Å². The van der Waals surface area contributed by atoms with Crippen molar-refractivity contribution < 1.29 is 27.2 Å². The molecule has 4 aromatic rings. The van der Waals surface area contributed by atoms with E-state index >= 15 is 0 Å². The number of aromatic nitrogens is 2. The summed E-state index contributed by atoms with van der Waals surface area (Å²) in [4.78, 5) is 15.9. The maximum Gasteiger partial charge on any atom is 0.471 e. The molecule has 1 aromatic heterocycles. The van der Waals surface area contributed by atoms with Gasteiger partial charge in [0.2, 0.25) is 11.7 Å². The average Bonchev–Trinajstić information content (AvgIpc) is 3.38. The Bertz CT molecular complexity index is 1270. The van der Waals surface area contributed by atoms with Gasteiger partial charge in [-0.25, -0.2) is 0 Å². The molecule has 3 aromatic carbocycles. The lowest BCUT2D eigenvalue weighted by atomic mass is 10.1. The van der Waals surface area contributed by atoms with Gasteiger partial charge in [-0.3, -0.25) is 4.79 Å². The molecule has 1 N–H and O–H groups in total. The number of rotatable bonds is 8. The number of ether oxygens (including phenoxy) is 1. The van der Waals surface area contributed by atoms with E-state index in [-0.39, 0.29) is 18.3 Å². The maximum atomic E-state index is 12.7. The summed E-state index contributed by atoms with van der Waals surface area (Å²) in [5.74, 6) is -1.40. The summed E-state index contributed by atoms with van der Waals surface area (Å²) in [7, 11) is 0. The fourth-order valence-corrected chi connectivity index (χ4v) is 3.20. The van der Waals surface area contributed by atoms with Crippen LogP contribution in [-0.2, 0) is 11.0 Å². The van der Waals surface area contributed by atoms with E-state index < -0.39 is 18.1 Å². The van der Waals surface area contributed by atoms with E-state index in [1.54, 1.807) is 18.2 Å². The Morgan fingerprint density at radius 2 is 1.63 bits per heavy atom. The first-order valence-corrected chi connectivity index (χ1v) is 10.6. The number of nitrogens with zero attached hydrogens (tertiary/aromatic N) is 2. The number of hydrogen-bond donors (Lipinski definition) is 1. The smallest absolute Gasteiger partial charge is 0.471 e. The molecule has 9 heteroatoms. The minimum atomic E-state index is -4.71. The molecule has 0 spiro atoms. The topological polar surface area (TPSA) is 77.2 Å². The summed E-state index contributed by atoms with van der Waals surface area (Å²) in [6.45, 7) is 0.134. The monoisotopic (exact) mass is 479 g/mol. The van der Waals surface area contributed by atoms with Crippen LogP contribution in [0.4, 0.5) is 13.2 Å². The van der Waals surface area contributed by atoms with Crippen molar-refractivity contribution in [1.29, 1.82) is 0 Å². The zero-order valence-electron chi connectivity index (χ0n) is 18.3. The van der Waals surface area contributed by atoms with E-state index in [9.17, 15) is 18.0 Å². The number of nitrogens with one attached hydrogen (secondary N) is 1. The second-order valence-corrected chi connectivity index (χ2v) is 7.47. The maximum absolute atomic E-state index is 12.7. The molecule has 0 saturated heterocycles. The predicted octanol–water partition coefficient (Wildman–Crippen LogP) is 5.71. The van der Waals surface area contributed by atoms with Crippen molar-refractivity contribution in [2.24, 2.45) is 0 Å². The third-order valence-corrected chi connectivity index (χ3v) is 4.94. The molecule has 0 fully saturated rings. The molecule has 1 unspecified atom stereocenters. The molecule has 0 aliphatic carbocycles. The lowest BCUT2D eigenvalue weighted by molar-refractivity contribution is -0.159. The lowest BCUT2D eigenvalue weighted by Gasteiger charge is -2.19. The van der Waals surface area contributed by atoms with Gasteiger partial charge in [-0.05, 0) is 41.5 Å². The fourth-order valence-electron chi connectivity index (χ4n) is 3.20. The molecule has 35 heavy (non-hydrogen) atoms. The Morgan fingerprint density at radius 1 is 0.971 bits per heavy atom. The van der Waals surface area contributed by atoms with Crippen LogP contribution in [0.25, 0.3) is 17.5 Å². The molecule has 0 saturated carbocycles. The minimum Gasteiger partial charge on any atom is -0.491 e. The molecule has 6 nitrogen and oxygen atoms in total. The van der Waals surface area contributed by atoms with Crippen molar-refractivity contribution in [1.82, 2.24) is 15.5 Å². The SMILES string of the molecule is O=C(C=Cc1ccccc1)NC(COc1ccc(-c2noc(C(F)(F)F)n2)cc1)c1ccccc1. The molecular formula is C26H20F3N3O3. The average molecular weight is 479 g/mol. The minimum absolute atomic E-state index is 0.134. The van der Waals surface area contributed by atoms with E-state index in [0.717, 1.165) is 11.1 Å². The van der Waals surface area contributed by atoms with Gasteiger partial charge in [0.05, 0.1) is 6.04 Å². The summed E-state index contributed by atoms with van der Waals surface area (Å²) in [5, 5.41) is 6.31. The van der Waals surface area contributed by atoms with Gasteiger partial charge in [0.15, 0.2) is 0 Å². The van der Waals surface area contributed by atoms with Crippen molar-refractivity contribution in [3.8, 4) is 17.1 Å². The van der Waals surface area contributed by atoms with Crippen LogP contribution in [0.1, 0.15) is 23.1 Å². The standard InChI is InChI=1S/C26H20F3N3O3/c27-26(28,29)25-31-24(32-35-25)20-12-14-21(15-13-20)34-17-22(19-9-5-2-6-10-19)30-23(33)16-11-18-7-3-1-4-8-18/h1-16,22H,17H2,(H,30,33). The summed E-state index contributed by atoms with van der Waals surface area (Å²) in [6, 6.07) is 24.6. The van der Waals surface area contributed by atoms with Crippen molar-refractivity contribution in [2.45, 2.75) is 12.2 Å². The van der Waals surface area contributed by atoms with Crippen LogP contribution in [0.2, 0.25) is 0 Å². The number of amides is 1. The highest BCUT2D eigenvalue weighted by molar-refractivity contribution is 5.92. The van der Waals surface area contributed by atoms with Gasteiger partial charge in [-0.1, -0.05) is 65.8 Å². The number of benzene rings is 3. The lowest BCUT2D eigenvalue weighted by Crippen LogP contribution is -2.31. The van der Waals surface area contributed by atoms with Crippen LogP contribution in [0.3, 0.4) is 0 Å². The first-order chi connectivity index (χ1) is 16.9. The van der Waals surface area contributed by atoms with Crippen molar-refractivity contribution in [3.05, 3.63) is 108 Å². The molecule has 1 amide bonds. The number of carbonyl (C=O) groups is 1. The van der Waals surface area contributed by atoms with Crippen LogP contribution in [0.5, 0.6) is 5.75 Å². The third kappa shape index (κ3) is 6.57. The van der Waals surface area contributed by atoms with Gasteiger partial charge < -0.3 is 14.6 Å². The second-order valence-electron chi connectivity index (χ2n) is 7.47. The molecule has 1 atom stereocenters. The van der Waals surface area contributed by atoms with E-state index in [1.807, 2.05) is 60.7 Å². The fraction of sp³-hybridized carbons (Fsp3) is 0.115. The second kappa shape index (κ2) is 10.7. The van der Waals surface area contributed by atoms with Crippen LogP contribution < -0.4 is 10.1 Å². The Balaban J connectivity index is 1.42. The van der Waals surface area contributed by atoms with Gasteiger partial charge in [0, 0.05) is 11.6 Å². The molecule has 1 heterocycles. The molecule has 0 radical (unpaired) electrons. The van der Waals surface area contributed by atoms with E-state index in [4.69, 9.17) is 4.74 Å². The first kappa shape index (κ1) is 23.7. The summed E-state index contributed by atoms with van der Waals surface area (Å²) >= 11 is 0. The number of hydrogen-bond acceptors (Lipinski definition) is 5. The molecule has 0 bridgehead atoms. The highest BCUT2D eigenvalue weighted by Gasteiger charge is 2.38. The summed E-state index contributed by atoms with van der Waals surface area (Å²) in [5.41, 5.74) is 2.10. The van der Waals surface area contributed by atoms with Crippen LogP contribution in [0, 0.1) is 0 Å². The van der Waals surface area contributed by atoms with Gasteiger partial charge >= 0.3 is 12.1 Å². The van der Waals surface area contributed by atoms with E-state index in [0.29, 0.717) is 11.3 Å². The largest absolute Gasteiger partial charge is 0.491 e. The van der Waals surface area contributed by atoms with Gasteiger partial charge in [0.25, 0.3) is 0 Å². The first-order valence-electron chi connectivity index (χ1n) is 10.6. The third-order valence-electron chi connectivity index (χ3n) is 4.94. The Kier molecular flexibility index (Phi) is 7.25. The summed E-state index contributed by atoms with van der Waals surface area (Å²) < 4.78 is 48.1. The van der Waals surface area contributed by atoms with Crippen LogP contribution >= 0.6 is 0 Å². The Labute approximate surface area is 199 Å². The summed E-state index contributed by atoms with van der Waals surface area (Å²) in [6.07, 6.45) is -1.53. The number of halogens is 3. The number of carbonyl (C=O) groups excluding carboxylic acids is 1. The number of alkyl halides is 3.